The van der Waals surface area contributed by atoms with E-state index in [2.05, 4.69) is 15.3 Å². The van der Waals surface area contributed by atoms with E-state index in [0.717, 1.165) is 31.7 Å². The van der Waals surface area contributed by atoms with Crippen LogP contribution in [-0.4, -0.2) is 36.2 Å². The minimum atomic E-state index is 0.324. The summed E-state index contributed by atoms with van der Waals surface area (Å²) in [6.45, 7) is 2.67. The Morgan fingerprint density at radius 2 is 2.47 bits per heavy atom. The zero-order valence-electron chi connectivity index (χ0n) is 9.82. The third-order valence-electron chi connectivity index (χ3n) is 3.00. The van der Waals surface area contributed by atoms with Crippen molar-refractivity contribution in [1.82, 2.24) is 9.88 Å². The molecule has 0 saturated carbocycles. The molecule has 0 amide bonds. The topological polar surface area (TPSA) is 63.4 Å². The summed E-state index contributed by atoms with van der Waals surface area (Å²) < 4.78 is 5.33. The molecule has 1 aliphatic rings. The molecule has 6 heteroatoms. The smallest absolute Gasteiger partial charge is 0.140 e. The summed E-state index contributed by atoms with van der Waals surface area (Å²) in [5.74, 6) is 5.96. The standard InChI is InChI=1S/C11H17ClN4O/c1-17-8-4-5-16(6-8)7-10-9(12)2-3-11(14-10)15-13/h2-3,8H,4-7,13H2,1H3,(H,14,15). The predicted molar refractivity (Wildman–Crippen MR) is 67.7 cm³/mol. The van der Waals surface area contributed by atoms with Gasteiger partial charge in [-0.2, -0.15) is 0 Å². The van der Waals surface area contributed by atoms with Crippen molar-refractivity contribution < 1.29 is 4.74 Å². The molecular weight excluding hydrogens is 240 g/mol. The fourth-order valence-electron chi connectivity index (χ4n) is 2.02. The highest BCUT2D eigenvalue weighted by Crippen LogP contribution is 2.21. The first-order valence-corrected chi connectivity index (χ1v) is 5.98. The van der Waals surface area contributed by atoms with E-state index in [1.807, 2.05) is 6.07 Å². The SMILES string of the molecule is COC1CCN(Cc2nc(NN)ccc2Cl)C1. The van der Waals surface area contributed by atoms with E-state index in [1.165, 1.54) is 0 Å². The third-order valence-corrected chi connectivity index (χ3v) is 3.35. The molecule has 1 saturated heterocycles. The Balaban J connectivity index is 2.03. The maximum Gasteiger partial charge on any atom is 0.140 e. The molecule has 1 aliphatic heterocycles. The lowest BCUT2D eigenvalue weighted by Crippen LogP contribution is -2.23. The second kappa shape index (κ2) is 5.64. The number of aromatic nitrogens is 1. The van der Waals surface area contributed by atoms with Gasteiger partial charge in [-0.1, -0.05) is 11.6 Å². The highest BCUT2D eigenvalue weighted by molar-refractivity contribution is 6.31. The summed E-state index contributed by atoms with van der Waals surface area (Å²) >= 11 is 6.11. The van der Waals surface area contributed by atoms with Crippen LogP contribution in [0.15, 0.2) is 12.1 Å². The first-order valence-electron chi connectivity index (χ1n) is 5.60. The summed E-state index contributed by atoms with van der Waals surface area (Å²) in [5.41, 5.74) is 3.37. The largest absolute Gasteiger partial charge is 0.380 e. The molecule has 0 radical (unpaired) electrons. The van der Waals surface area contributed by atoms with Crippen LogP contribution in [0.3, 0.4) is 0 Å². The van der Waals surface area contributed by atoms with Gasteiger partial charge in [0.2, 0.25) is 0 Å². The van der Waals surface area contributed by atoms with Gasteiger partial charge in [0.1, 0.15) is 5.82 Å². The number of nitrogen functional groups attached to an aromatic ring is 1. The fourth-order valence-corrected chi connectivity index (χ4v) is 2.19. The molecule has 1 fully saturated rings. The minimum Gasteiger partial charge on any atom is -0.380 e. The number of hydrogen-bond acceptors (Lipinski definition) is 5. The second-order valence-corrected chi connectivity index (χ2v) is 4.56. The van der Waals surface area contributed by atoms with Crippen molar-refractivity contribution in [3.05, 3.63) is 22.8 Å². The Morgan fingerprint density at radius 1 is 1.65 bits per heavy atom. The summed E-state index contributed by atoms with van der Waals surface area (Å²) in [7, 11) is 1.75. The number of likely N-dealkylation sites (tertiary alicyclic amines) is 1. The molecule has 94 valence electrons. The molecule has 1 unspecified atom stereocenters. The highest BCUT2D eigenvalue weighted by Gasteiger charge is 2.22. The summed E-state index contributed by atoms with van der Waals surface area (Å²) in [6.07, 6.45) is 1.38. The fraction of sp³-hybridized carbons (Fsp3) is 0.545. The average molecular weight is 257 g/mol. The molecule has 17 heavy (non-hydrogen) atoms. The van der Waals surface area contributed by atoms with Crippen LogP contribution in [0.1, 0.15) is 12.1 Å². The number of hydrazine groups is 1. The van der Waals surface area contributed by atoms with E-state index >= 15 is 0 Å². The van der Waals surface area contributed by atoms with E-state index in [0.29, 0.717) is 16.9 Å². The van der Waals surface area contributed by atoms with Gasteiger partial charge < -0.3 is 10.2 Å². The van der Waals surface area contributed by atoms with E-state index in [1.54, 1.807) is 13.2 Å². The highest BCUT2D eigenvalue weighted by atomic mass is 35.5. The minimum absolute atomic E-state index is 0.324. The summed E-state index contributed by atoms with van der Waals surface area (Å²) in [4.78, 5) is 6.64. The lowest BCUT2D eigenvalue weighted by Gasteiger charge is -2.16. The number of nitrogens with one attached hydrogen (secondary N) is 1. The molecule has 0 spiro atoms. The molecule has 3 N–H and O–H groups in total. The van der Waals surface area contributed by atoms with Crippen LogP contribution in [0.2, 0.25) is 5.02 Å². The zero-order chi connectivity index (χ0) is 12.3. The molecular formula is C11H17ClN4O. The van der Waals surface area contributed by atoms with Crippen LogP contribution < -0.4 is 11.3 Å². The molecule has 1 aromatic heterocycles. The average Bonchev–Trinajstić information content (AvgIpc) is 2.80. The van der Waals surface area contributed by atoms with Crippen LogP contribution in [0, 0.1) is 0 Å². The Bertz CT molecular complexity index is 388. The zero-order valence-corrected chi connectivity index (χ0v) is 10.6. The number of ether oxygens (including phenoxy) is 1. The van der Waals surface area contributed by atoms with Crippen LogP contribution in [-0.2, 0) is 11.3 Å². The number of nitrogens with zero attached hydrogens (tertiary/aromatic N) is 2. The molecule has 0 aliphatic carbocycles. The molecule has 5 nitrogen and oxygen atoms in total. The number of pyridine rings is 1. The van der Waals surface area contributed by atoms with Gasteiger partial charge in [0.25, 0.3) is 0 Å². The second-order valence-electron chi connectivity index (χ2n) is 4.15. The van der Waals surface area contributed by atoms with E-state index < -0.39 is 0 Å². The molecule has 2 rings (SSSR count). The van der Waals surface area contributed by atoms with Crippen molar-refractivity contribution in [2.24, 2.45) is 5.84 Å². The van der Waals surface area contributed by atoms with Crippen molar-refractivity contribution in [2.45, 2.75) is 19.1 Å². The Hall–Kier alpha value is -0.880. The van der Waals surface area contributed by atoms with E-state index in [-0.39, 0.29) is 0 Å². The van der Waals surface area contributed by atoms with E-state index in [4.69, 9.17) is 22.2 Å². The Kier molecular flexibility index (Phi) is 4.17. The number of nitrogens with two attached hydrogens (primary N) is 1. The number of hydrogen-bond donors (Lipinski definition) is 2. The number of anilines is 1. The quantitative estimate of drug-likeness (QED) is 0.627. The van der Waals surface area contributed by atoms with Crippen molar-refractivity contribution >= 4 is 17.4 Å². The van der Waals surface area contributed by atoms with Crippen molar-refractivity contribution in [2.75, 3.05) is 25.6 Å². The molecule has 1 atom stereocenters. The predicted octanol–water partition coefficient (Wildman–Crippen LogP) is 1.24. The lowest BCUT2D eigenvalue weighted by atomic mass is 10.3. The van der Waals surface area contributed by atoms with Crippen LogP contribution in [0.5, 0.6) is 0 Å². The maximum atomic E-state index is 6.11. The number of rotatable bonds is 4. The van der Waals surface area contributed by atoms with Gasteiger partial charge in [-0.05, 0) is 18.6 Å². The monoisotopic (exact) mass is 256 g/mol. The van der Waals surface area contributed by atoms with E-state index in [9.17, 15) is 0 Å². The van der Waals surface area contributed by atoms with Crippen LogP contribution in [0.25, 0.3) is 0 Å². The van der Waals surface area contributed by atoms with Crippen LogP contribution in [0.4, 0.5) is 5.82 Å². The normalized spacial score (nSPS) is 20.8. The number of halogens is 1. The van der Waals surface area contributed by atoms with Gasteiger partial charge in [-0.25, -0.2) is 10.8 Å². The molecule has 1 aromatic rings. The van der Waals surface area contributed by atoms with Gasteiger partial charge >= 0.3 is 0 Å². The third kappa shape index (κ3) is 3.07. The molecule has 0 aromatic carbocycles. The van der Waals surface area contributed by atoms with Crippen molar-refractivity contribution in [1.29, 1.82) is 0 Å². The first kappa shape index (κ1) is 12.6. The first-order chi connectivity index (χ1) is 8.22. The molecule has 0 bridgehead atoms. The van der Waals surface area contributed by atoms with Crippen LogP contribution >= 0.6 is 11.6 Å². The summed E-state index contributed by atoms with van der Waals surface area (Å²) in [6, 6.07) is 3.57. The van der Waals surface area contributed by atoms with Gasteiger partial charge in [0, 0.05) is 26.7 Å². The van der Waals surface area contributed by atoms with Crippen molar-refractivity contribution in [3.63, 3.8) is 0 Å². The van der Waals surface area contributed by atoms with Gasteiger partial charge in [0.05, 0.1) is 16.8 Å². The molecule has 2 heterocycles. The van der Waals surface area contributed by atoms with Gasteiger partial charge in [-0.3, -0.25) is 4.90 Å². The van der Waals surface area contributed by atoms with Crippen molar-refractivity contribution in [3.8, 4) is 0 Å². The lowest BCUT2D eigenvalue weighted by molar-refractivity contribution is 0.107. The van der Waals surface area contributed by atoms with Gasteiger partial charge in [-0.15, -0.1) is 0 Å². The van der Waals surface area contributed by atoms with Gasteiger partial charge in [0.15, 0.2) is 0 Å². The summed E-state index contributed by atoms with van der Waals surface area (Å²) in [5, 5.41) is 0.671. The maximum absolute atomic E-state index is 6.11. The Labute approximate surface area is 106 Å². The Morgan fingerprint density at radius 3 is 3.12 bits per heavy atom. The number of methoxy groups -OCH3 is 1.